The second kappa shape index (κ2) is 10.4. The SMILES string of the molecule is CC1CCC(Cn2c(N3CCCC3c3cnn(C)c3)nc3cc(-c4noc(=O)[nH]4)nc(-c4cncc(Cl)c4)c32)CC1. The third-order valence-corrected chi connectivity index (χ3v) is 8.77. The number of aromatic amines is 1. The van der Waals surface area contributed by atoms with Gasteiger partial charge in [-0.05, 0) is 49.7 Å². The smallest absolute Gasteiger partial charge is 0.335 e. The lowest BCUT2D eigenvalue weighted by Gasteiger charge is -2.30. The highest BCUT2D eigenvalue weighted by Gasteiger charge is 2.33. The van der Waals surface area contributed by atoms with Gasteiger partial charge in [0.1, 0.15) is 5.69 Å². The molecule has 1 aliphatic heterocycles. The van der Waals surface area contributed by atoms with Gasteiger partial charge >= 0.3 is 5.76 Å². The van der Waals surface area contributed by atoms with Crippen LogP contribution in [0.1, 0.15) is 57.1 Å². The molecule has 2 aliphatic rings. The maximum absolute atomic E-state index is 11.8. The molecule has 1 unspecified atom stereocenters. The number of H-pyrrole nitrogens is 1. The van der Waals surface area contributed by atoms with Crippen LogP contribution in [0.2, 0.25) is 5.02 Å². The number of nitrogens with one attached hydrogen (secondary N) is 1. The average molecular weight is 574 g/mol. The standard InChI is InChI=1S/C29H32ClN9O2/c1-17-5-7-18(8-6-17)15-39-26-22(34-28(39)38-9-3-4-24(38)20-13-32-37(2)16-20)11-23(27-35-29(40)41-36-27)33-25(26)19-10-21(30)14-31-12-19/h10-14,16-18,24H,3-9,15H2,1-2H3,(H,35,36,40). The molecule has 1 atom stereocenters. The number of hydrogen-bond acceptors (Lipinski definition) is 8. The summed E-state index contributed by atoms with van der Waals surface area (Å²) >= 11 is 6.41. The second-order valence-electron chi connectivity index (χ2n) is 11.5. The average Bonchev–Trinajstić information content (AvgIpc) is 3.76. The molecular formula is C29H32ClN9O2. The van der Waals surface area contributed by atoms with Crippen molar-refractivity contribution in [2.75, 3.05) is 11.4 Å². The van der Waals surface area contributed by atoms with Crippen molar-refractivity contribution in [3.63, 3.8) is 0 Å². The Bertz CT molecular complexity index is 1760. The van der Waals surface area contributed by atoms with Gasteiger partial charge < -0.3 is 9.47 Å². The van der Waals surface area contributed by atoms with Gasteiger partial charge in [0, 0.05) is 49.9 Å². The van der Waals surface area contributed by atoms with E-state index in [2.05, 4.69) is 42.8 Å². The van der Waals surface area contributed by atoms with Crippen LogP contribution in [0.5, 0.6) is 0 Å². The van der Waals surface area contributed by atoms with Crippen LogP contribution < -0.4 is 10.7 Å². The van der Waals surface area contributed by atoms with Crippen LogP contribution in [0.4, 0.5) is 5.95 Å². The molecule has 5 aromatic heterocycles. The molecule has 0 amide bonds. The summed E-state index contributed by atoms with van der Waals surface area (Å²) in [7, 11) is 1.95. The first-order valence-electron chi connectivity index (χ1n) is 14.3. The van der Waals surface area contributed by atoms with Crippen LogP contribution in [0, 0.1) is 11.8 Å². The van der Waals surface area contributed by atoms with Gasteiger partial charge in [-0.3, -0.25) is 19.2 Å². The molecule has 1 saturated heterocycles. The van der Waals surface area contributed by atoms with E-state index in [0.29, 0.717) is 22.3 Å². The van der Waals surface area contributed by atoms with E-state index in [0.717, 1.165) is 54.4 Å². The predicted octanol–water partition coefficient (Wildman–Crippen LogP) is 5.39. The van der Waals surface area contributed by atoms with E-state index in [4.69, 9.17) is 26.1 Å². The zero-order valence-corrected chi connectivity index (χ0v) is 23.9. The molecule has 6 heterocycles. The van der Waals surface area contributed by atoms with Crippen LogP contribution in [-0.2, 0) is 13.6 Å². The Labute approximate surface area is 241 Å². The zero-order valence-electron chi connectivity index (χ0n) is 23.1. The van der Waals surface area contributed by atoms with E-state index in [9.17, 15) is 4.79 Å². The van der Waals surface area contributed by atoms with Gasteiger partial charge in [0.15, 0.2) is 0 Å². The number of fused-ring (bicyclic) bond motifs is 1. The zero-order chi connectivity index (χ0) is 28.1. The summed E-state index contributed by atoms with van der Waals surface area (Å²) in [6, 6.07) is 3.92. The van der Waals surface area contributed by atoms with Crippen molar-refractivity contribution >= 4 is 28.6 Å². The third-order valence-electron chi connectivity index (χ3n) is 8.56. The normalized spacial score (nSPS) is 21.2. The number of aryl methyl sites for hydroxylation is 1. The molecule has 0 bridgehead atoms. The molecule has 12 heteroatoms. The molecule has 11 nitrogen and oxygen atoms in total. The highest BCUT2D eigenvalue weighted by atomic mass is 35.5. The van der Waals surface area contributed by atoms with E-state index >= 15 is 0 Å². The first kappa shape index (κ1) is 25.9. The monoisotopic (exact) mass is 573 g/mol. The molecule has 0 radical (unpaired) electrons. The van der Waals surface area contributed by atoms with E-state index in [-0.39, 0.29) is 11.9 Å². The fourth-order valence-electron chi connectivity index (χ4n) is 6.48. The number of aromatic nitrogens is 8. The molecule has 41 heavy (non-hydrogen) atoms. The Hall–Kier alpha value is -3.99. The van der Waals surface area contributed by atoms with Gasteiger partial charge in [-0.15, -0.1) is 0 Å². The molecule has 0 spiro atoms. The summed E-state index contributed by atoms with van der Waals surface area (Å²) < 4.78 is 9.03. The quantitative estimate of drug-likeness (QED) is 0.287. The van der Waals surface area contributed by atoms with Crippen molar-refractivity contribution in [2.45, 2.75) is 58.0 Å². The lowest BCUT2D eigenvalue weighted by atomic mass is 9.83. The van der Waals surface area contributed by atoms with Gasteiger partial charge in [0.05, 0.1) is 34.0 Å². The molecule has 1 aliphatic carbocycles. The Morgan fingerprint density at radius 3 is 2.68 bits per heavy atom. The third kappa shape index (κ3) is 4.92. The summed E-state index contributed by atoms with van der Waals surface area (Å²) in [4.78, 5) is 31.5. The Balaban J connectivity index is 1.44. The van der Waals surface area contributed by atoms with Crippen LogP contribution >= 0.6 is 11.6 Å². The first-order valence-corrected chi connectivity index (χ1v) is 14.6. The largest absolute Gasteiger partial charge is 0.439 e. The number of anilines is 1. The predicted molar refractivity (Wildman–Crippen MR) is 156 cm³/mol. The molecule has 212 valence electrons. The van der Waals surface area contributed by atoms with Gasteiger partial charge in [0.25, 0.3) is 0 Å². The molecule has 0 aromatic carbocycles. The number of imidazole rings is 1. The highest BCUT2D eigenvalue weighted by Crippen LogP contribution is 2.41. The fourth-order valence-corrected chi connectivity index (χ4v) is 6.65. The summed E-state index contributed by atoms with van der Waals surface area (Å²) in [5.74, 6) is 1.84. The lowest BCUT2D eigenvalue weighted by molar-refractivity contribution is 0.266. The topological polar surface area (TPSA) is 124 Å². The number of halogens is 1. The number of hydrogen-bond donors (Lipinski definition) is 1. The Morgan fingerprint density at radius 2 is 1.95 bits per heavy atom. The maximum Gasteiger partial charge on any atom is 0.439 e. The molecule has 5 aromatic rings. The van der Waals surface area contributed by atoms with E-state index < -0.39 is 5.76 Å². The number of pyridine rings is 2. The minimum Gasteiger partial charge on any atom is -0.335 e. The summed E-state index contributed by atoms with van der Waals surface area (Å²) in [6.07, 6.45) is 14.4. The van der Waals surface area contributed by atoms with Gasteiger partial charge in [0.2, 0.25) is 11.8 Å². The van der Waals surface area contributed by atoms with Gasteiger partial charge in [-0.25, -0.2) is 14.8 Å². The summed E-state index contributed by atoms with van der Waals surface area (Å²) in [5.41, 5.74) is 4.81. The van der Waals surface area contributed by atoms with Crippen molar-refractivity contribution in [3.8, 4) is 22.8 Å². The molecular weight excluding hydrogens is 542 g/mol. The summed E-state index contributed by atoms with van der Waals surface area (Å²) in [5, 5.41) is 8.87. The number of rotatable bonds is 6. The minimum absolute atomic E-state index is 0.182. The van der Waals surface area contributed by atoms with E-state index in [1.54, 1.807) is 12.4 Å². The van der Waals surface area contributed by atoms with Crippen LogP contribution in [0.3, 0.4) is 0 Å². The Kier molecular flexibility index (Phi) is 6.61. The molecule has 2 fully saturated rings. The highest BCUT2D eigenvalue weighted by molar-refractivity contribution is 6.30. The van der Waals surface area contributed by atoms with Crippen LogP contribution in [-0.4, -0.2) is 46.0 Å². The number of nitrogens with zero attached hydrogens (tertiary/aromatic N) is 8. The Morgan fingerprint density at radius 1 is 1.10 bits per heavy atom. The van der Waals surface area contributed by atoms with Crippen molar-refractivity contribution in [2.24, 2.45) is 18.9 Å². The first-order chi connectivity index (χ1) is 19.9. The van der Waals surface area contributed by atoms with Crippen molar-refractivity contribution in [1.82, 2.24) is 39.4 Å². The van der Waals surface area contributed by atoms with E-state index in [1.807, 2.05) is 30.1 Å². The maximum atomic E-state index is 11.8. The molecule has 1 saturated carbocycles. The fraction of sp³-hybridized carbons (Fsp3) is 0.448. The second-order valence-corrected chi connectivity index (χ2v) is 11.9. The molecule has 7 rings (SSSR count). The minimum atomic E-state index is -0.637. The van der Waals surface area contributed by atoms with Gasteiger partial charge in [-0.1, -0.05) is 36.5 Å². The molecule has 1 N–H and O–H groups in total. The van der Waals surface area contributed by atoms with Crippen molar-refractivity contribution < 1.29 is 4.52 Å². The van der Waals surface area contributed by atoms with Crippen molar-refractivity contribution in [1.29, 1.82) is 0 Å². The summed E-state index contributed by atoms with van der Waals surface area (Å²) in [6.45, 7) is 4.09. The van der Waals surface area contributed by atoms with Crippen LogP contribution in [0.25, 0.3) is 33.8 Å². The van der Waals surface area contributed by atoms with E-state index in [1.165, 1.54) is 31.2 Å². The van der Waals surface area contributed by atoms with Gasteiger partial charge in [-0.2, -0.15) is 5.10 Å². The lowest BCUT2D eigenvalue weighted by Crippen LogP contribution is -2.27. The van der Waals surface area contributed by atoms with Crippen LogP contribution in [0.15, 0.2) is 46.2 Å². The van der Waals surface area contributed by atoms with Crippen molar-refractivity contribution in [3.05, 3.63) is 58.1 Å².